The van der Waals surface area contributed by atoms with Crippen molar-refractivity contribution < 1.29 is 14.3 Å². The highest BCUT2D eigenvalue weighted by atomic mass is 32.1. The summed E-state index contributed by atoms with van der Waals surface area (Å²) in [6, 6.07) is 15.0. The number of aromatic nitrogens is 1. The minimum atomic E-state index is -0.174. The number of carbonyl (C=O) groups is 2. The summed E-state index contributed by atoms with van der Waals surface area (Å²) in [7, 11) is 1.78. The average Bonchev–Trinajstić information content (AvgIpc) is 3.50. The fourth-order valence-corrected chi connectivity index (χ4v) is 4.75. The van der Waals surface area contributed by atoms with Gasteiger partial charge in [0.2, 0.25) is 5.91 Å². The van der Waals surface area contributed by atoms with Gasteiger partial charge in [-0.05, 0) is 44.0 Å². The Kier molecular flexibility index (Phi) is 7.02. The van der Waals surface area contributed by atoms with E-state index in [1.807, 2.05) is 49.4 Å². The van der Waals surface area contributed by atoms with Gasteiger partial charge in [-0.3, -0.25) is 9.59 Å². The summed E-state index contributed by atoms with van der Waals surface area (Å²) in [5, 5.41) is 6.97. The second-order valence-corrected chi connectivity index (χ2v) is 9.01. The van der Waals surface area contributed by atoms with Crippen molar-refractivity contribution in [3.05, 3.63) is 59.1 Å². The van der Waals surface area contributed by atoms with Crippen LogP contribution < -0.4 is 10.6 Å². The van der Waals surface area contributed by atoms with Crippen molar-refractivity contribution in [2.24, 2.45) is 0 Å². The Bertz CT molecular complexity index is 1060. The third kappa shape index (κ3) is 5.08. The first-order valence-corrected chi connectivity index (χ1v) is 11.7. The van der Waals surface area contributed by atoms with Crippen LogP contribution in [0.5, 0.6) is 0 Å². The Hall–Kier alpha value is -2.97. The Labute approximate surface area is 191 Å². The van der Waals surface area contributed by atoms with E-state index in [1.165, 1.54) is 0 Å². The first kappa shape index (κ1) is 22.2. The maximum Gasteiger partial charge on any atom is 0.253 e. The van der Waals surface area contributed by atoms with Crippen molar-refractivity contribution >= 4 is 39.1 Å². The largest absolute Gasteiger partial charge is 0.376 e. The molecule has 2 aromatic carbocycles. The number of rotatable bonds is 8. The summed E-state index contributed by atoms with van der Waals surface area (Å²) in [6.45, 7) is 3.31. The fourth-order valence-electron chi connectivity index (χ4n) is 3.69. The number of ether oxygens (including phenoxy) is 1. The lowest BCUT2D eigenvalue weighted by Gasteiger charge is -2.24. The van der Waals surface area contributed by atoms with Gasteiger partial charge in [0.25, 0.3) is 5.91 Å². The van der Waals surface area contributed by atoms with Crippen molar-refractivity contribution in [3.63, 3.8) is 0 Å². The molecular weight excluding hydrogens is 424 g/mol. The van der Waals surface area contributed by atoms with Crippen LogP contribution in [0, 0.1) is 0 Å². The molecule has 0 spiro atoms. The molecule has 1 aliphatic rings. The van der Waals surface area contributed by atoms with Crippen molar-refractivity contribution in [1.29, 1.82) is 0 Å². The zero-order valence-electron chi connectivity index (χ0n) is 18.3. The summed E-state index contributed by atoms with van der Waals surface area (Å²) < 4.78 is 6.68. The summed E-state index contributed by atoms with van der Waals surface area (Å²) in [5.41, 5.74) is 2.09. The molecule has 0 aliphatic carbocycles. The van der Waals surface area contributed by atoms with Crippen molar-refractivity contribution in [1.82, 2.24) is 15.2 Å². The Morgan fingerprint density at radius 3 is 2.78 bits per heavy atom. The molecular formula is C24H28N4O3S. The standard InChI is InChI=1S/C24H28N4O3S/c1-16(24-27-20-11-5-6-12-21(20)32-24)28(2)22(29)15-25-19-10-4-3-9-18(19)23(30)26-14-17-8-7-13-31-17/h3-6,9-12,16-17,25H,7-8,13-15H2,1-2H3,(H,26,30)/t16-,17+/m1/s1. The van der Waals surface area contributed by atoms with Gasteiger partial charge in [0.1, 0.15) is 5.01 Å². The number of thiazole rings is 1. The quantitative estimate of drug-likeness (QED) is 0.543. The van der Waals surface area contributed by atoms with Crippen molar-refractivity contribution in [2.45, 2.75) is 31.9 Å². The van der Waals surface area contributed by atoms with Crippen LogP contribution in [-0.2, 0) is 9.53 Å². The number of hydrogen-bond donors (Lipinski definition) is 2. The predicted octanol–water partition coefficient (Wildman–Crippen LogP) is 3.84. The lowest BCUT2D eigenvalue weighted by molar-refractivity contribution is -0.129. The van der Waals surface area contributed by atoms with Gasteiger partial charge in [-0.15, -0.1) is 11.3 Å². The van der Waals surface area contributed by atoms with Gasteiger partial charge in [0.15, 0.2) is 0 Å². The maximum absolute atomic E-state index is 12.9. The second-order valence-electron chi connectivity index (χ2n) is 7.94. The molecule has 7 nitrogen and oxygen atoms in total. The lowest BCUT2D eigenvalue weighted by atomic mass is 10.1. The van der Waals surface area contributed by atoms with Crippen LogP contribution >= 0.6 is 11.3 Å². The van der Waals surface area contributed by atoms with E-state index in [-0.39, 0.29) is 30.5 Å². The summed E-state index contributed by atoms with van der Waals surface area (Å²) in [5.74, 6) is -0.251. The van der Waals surface area contributed by atoms with Crippen LogP contribution in [0.4, 0.5) is 5.69 Å². The molecule has 0 radical (unpaired) electrons. The van der Waals surface area contributed by atoms with Gasteiger partial charge < -0.3 is 20.3 Å². The smallest absolute Gasteiger partial charge is 0.253 e. The number of hydrogen-bond acceptors (Lipinski definition) is 6. The van der Waals surface area contributed by atoms with Crippen molar-refractivity contribution in [3.8, 4) is 0 Å². The molecule has 1 aromatic heterocycles. The van der Waals surface area contributed by atoms with E-state index >= 15 is 0 Å². The number of amides is 2. The molecule has 8 heteroatoms. The highest BCUT2D eigenvalue weighted by molar-refractivity contribution is 7.18. The van der Waals surface area contributed by atoms with Crippen LogP contribution in [0.25, 0.3) is 10.2 Å². The molecule has 2 heterocycles. The number of carbonyl (C=O) groups excluding carboxylic acids is 2. The molecule has 0 saturated carbocycles. The predicted molar refractivity (Wildman–Crippen MR) is 127 cm³/mol. The minimum Gasteiger partial charge on any atom is -0.376 e. The number of nitrogens with one attached hydrogen (secondary N) is 2. The van der Waals surface area contributed by atoms with Gasteiger partial charge in [-0.25, -0.2) is 4.98 Å². The minimum absolute atomic E-state index is 0.0775. The summed E-state index contributed by atoms with van der Waals surface area (Å²) in [4.78, 5) is 31.9. The lowest BCUT2D eigenvalue weighted by Crippen LogP contribution is -2.35. The van der Waals surface area contributed by atoms with Crippen LogP contribution in [-0.4, -0.2) is 54.5 Å². The Morgan fingerprint density at radius 1 is 1.22 bits per heavy atom. The SMILES string of the molecule is C[C@H](c1nc2ccccc2s1)N(C)C(=O)CNc1ccccc1C(=O)NC[C@@H]1CCCO1. The van der Waals surface area contributed by atoms with E-state index in [2.05, 4.69) is 15.6 Å². The average molecular weight is 453 g/mol. The monoisotopic (exact) mass is 452 g/mol. The molecule has 2 N–H and O–H groups in total. The van der Waals surface area contributed by atoms with E-state index < -0.39 is 0 Å². The number of likely N-dealkylation sites (N-methyl/N-ethyl adjacent to an activating group) is 1. The zero-order valence-corrected chi connectivity index (χ0v) is 19.2. The third-order valence-electron chi connectivity index (χ3n) is 5.76. The molecule has 4 rings (SSSR count). The molecule has 3 aromatic rings. The molecule has 32 heavy (non-hydrogen) atoms. The molecule has 2 amide bonds. The fraction of sp³-hybridized carbons (Fsp3) is 0.375. The number of nitrogens with zero attached hydrogens (tertiary/aromatic N) is 2. The second kappa shape index (κ2) is 10.1. The number of benzene rings is 2. The van der Waals surface area contributed by atoms with Crippen LogP contribution in [0.2, 0.25) is 0 Å². The first-order valence-electron chi connectivity index (χ1n) is 10.9. The van der Waals surface area contributed by atoms with E-state index in [1.54, 1.807) is 29.4 Å². The molecule has 1 saturated heterocycles. The topological polar surface area (TPSA) is 83.6 Å². The van der Waals surface area contributed by atoms with Gasteiger partial charge in [-0.1, -0.05) is 24.3 Å². The van der Waals surface area contributed by atoms with Gasteiger partial charge in [0.05, 0.1) is 34.5 Å². The highest BCUT2D eigenvalue weighted by Gasteiger charge is 2.22. The number of fused-ring (bicyclic) bond motifs is 1. The van der Waals surface area contributed by atoms with Crippen LogP contribution in [0.3, 0.4) is 0 Å². The van der Waals surface area contributed by atoms with Gasteiger partial charge in [0, 0.05) is 25.9 Å². The van der Waals surface area contributed by atoms with E-state index in [9.17, 15) is 9.59 Å². The maximum atomic E-state index is 12.9. The van der Waals surface area contributed by atoms with Gasteiger partial charge in [-0.2, -0.15) is 0 Å². The van der Waals surface area contributed by atoms with E-state index in [0.717, 1.165) is 34.7 Å². The molecule has 168 valence electrons. The summed E-state index contributed by atoms with van der Waals surface area (Å²) in [6.07, 6.45) is 2.08. The van der Waals surface area contributed by atoms with Crippen LogP contribution in [0.1, 0.15) is 41.2 Å². The Balaban J connectivity index is 1.36. The summed E-state index contributed by atoms with van der Waals surface area (Å²) >= 11 is 1.60. The van der Waals surface area contributed by atoms with Crippen LogP contribution in [0.15, 0.2) is 48.5 Å². The first-order chi connectivity index (χ1) is 15.5. The third-order valence-corrected chi connectivity index (χ3v) is 6.96. The normalized spacial score (nSPS) is 16.6. The molecule has 0 unspecified atom stereocenters. The molecule has 1 fully saturated rings. The number of para-hydroxylation sites is 2. The Morgan fingerprint density at radius 2 is 2.00 bits per heavy atom. The van der Waals surface area contributed by atoms with E-state index in [4.69, 9.17) is 4.74 Å². The zero-order chi connectivity index (χ0) is 22.5. The van der Waals surface area contributed by atoms with E-state index in [0.29, 0.717) is 17.8 Å². The van der Waals surface area contributed by atoms with Crippen molar-refractivity contribution in [2.75, 3.05) is 32.1 Å². The highest BCUT2D eigenvalue weighted by Crippen LogP contribution is 2.29. The molecule has 1 aliphatic heterocycles. The number of anilines is 1. The molecule has 0 bridgehead atoms. The molecule has 2 atom stereocenters. The van der Waals surface area contributed by atoms with Gasteiger partial charge >= 0.3 is 0 Å².